The SMILES string of the molecule is COc1cncc(C2CC23CNC3)c1. The molecule has 0 bridgehead atoms. The minimum atomic E-state index is 0.577. The second-order valence-corrected chi connectivity index (χ2v) is 4.38. The summed E-state index contributed by atoms with van der Waals surface area (Å²) in [7, 11) is 1.69. The van der Waals surface area contributed by atoms with Crippen LogP contribution in [-0.4, -0.2) is 25.2 Å². The third kappa shape index (κ3) is 1.05. The molecular weight excluding hydrogens is 176 g/mol. The number of rotatable bonds is 2. The zero-order chi connectivity index (χ0) is 9.60. The third-order valence-corrected chi connectivity index (χ3v) is 3.52. The fourth-order valence-corrected chi connectivity index (χ4v) is 2.39. The van der Waals surface area contributed by atoms with Gasteiger partial charge < -0.3 is 10.1 Å². The molecule has 1 spiro atoms. The fourth-order valence-electron chi connectivity index (χ4n) is 2.39. The predicted molar refractivity (Wildman–Crippen MR) is 53.4 cm³/mol. The lowest BCUT2D eigenvalue weighted by Crippen LogP contribution is -2.44. The first kappa shape index (κ1) is 8.24. The Hall–Kier alpha value is -1.09. The van der Waals surface area contributed by atoms with Crippen LogP contribution < -0.4 is 10.1 Å². The van der Waals surface area contributed by atoms with Gasteiger partial charge in [0.05, 0.1) is 13.3 Å². The summed E-state index contributed by atoms with van der Waals surface area (Å²) in [5, 5.41) is 3.34. The molecule has 14 heavy (non-hydrogen) atoms. The number of aromatic nitrogens is 1. The second-order valence-electron chi connectivity index (χ2n) is 4.38. The van der Waals surface area contributed by atoms with Crippen LogP contribution in [0.25, 0.3) is 0 Å². The van der Waals surface area contributed by atoms with E-state index in [-0.39, 0.29) is 0 Å². The minimum absolute atomic E-state index is 0.577. The molecule has 2 aliphatic rings. The fraction of sp³-hybridized carbons (Fsp3) is 0.545. The maximum absolute atomic E-state index is 5.17. The van der Waals surface area contributed by atoms with E-state index in [1.807, 2.05) is 6.20 Å². The Morgan fingerprint density at radius 2 is 2.36 bits per heavy atom. The average Bonchev–Trinajstić information content (AvgIpc) is 2.93. The molecule has 1 atom stereocenters. The molecule has 3 rings (SSSR count). The van der Waals surface area contributed by atoms with Crippen molar-refractivity contribution in [1.29, 1.82) is 0 Å². The topological polar surface area (TPSA) is 34.1 Å². The van der Waals surface area contributed by atoms with E-state index >= 15 is 0 Å². The normalized spacial score (nSPS) is 27.1. The van der Waals surface area contributed by atoms with Crippen molar-refractivity contribution < 1.29 is 4.74 Å². The van der Waals surface area contributed by atoms with Gasteiger partial charge in [-0.3, -0.25) is 4.98 Å². The molecule has 0 aromatic carbocycles. The Morgan fingerprint density at radius 3 is 2.93 bits per heavy atom. The summed E-state index contributed by atoms with van der Waals surface area (Å²) in [5.74, 6) is 1.59. The number of hydrogen-bond acceptors (Lipinski definition) is 3. The van der Waals surface area contributed by atoms with Crippen LogP contribution in [0.3, 0.4) is 0 Å². The van der Waals surface area contributed by atoms with Crippen LogP contribution in [0.4, 0.5) is 0 Å². The van der Waals surface area contributed by atoms with E-state index in [1.165, 1.54) is 25.1 Å². The summed E-state index contributed by atoms with van der Waals surface area (Å²) in [6.45, 7) is 2.35. The molecule has 1 saturated carbocycles. The molecule has 1 unspecified atom stereocenters. The van der Waals surface area contributed by atoms with Gasteiger partial charge >= 0.3 is 0 Å². The summed E-state index contributed by atoms with van der Waals surface area (Å²) < 4.78 is 5.17. The highest BCUT2D eigenvalue weighted by atomic mass is 16.5. The number of nitrogens with zero attached hydrogens (tertiary/aromatic N) is 1. The molecule has 0 radical (unpaired) electrons. The summed E-state index contributed by atoms with van der Waals surface area (Å²) in [6, 6.07) is 2.12. The summed E-state index contributed by atoms with van der Waals surface area (Å²) >= 11 is 0. The van der Waals surface area contributed by atoms with Crippen molar-refractivity contribution in [2.45, 2.75) is 12.3 Å². The van der Waals surface area contributed by atoms with Gasteiger partial charge in [0.15, 0.2) is 0 Å². The standard InChI is InChI=1S/C11H14N2O/c1-14-9-2-8(4-12-5-9)10-3-11(10)6-13-7-11/h2,4-5,10,13H,3,6-7H2,1H3. The van der Waals surface area contributed by atoms with Gasteiger partial charge in [0, 0.05) is 24.7 Å². The molecule has 1 N–H and O–H groups in total. The molecule has 3 nitrogen and oxygen atoms in total. The molecule has 1 saturated heterocycles. The van der Waals surface area contributed by atoms with Crippen LogP contribution in [0.2, 0.25) is 0 Å². The molecule has 1 aliphatic carbocycles. The zero-order valence-corrected chi connectivity index (χ0v) is 8.29. The lowest BCUT2D eigenvalue weighted by Gasteiger charge is -2.28. The number of methoxy groups -OCH3 is 1. The van der Waals surface area contributed by atoms with Crippen molar-refractivity contribution in [2.24, 2.45) is 5.41 Å². The first-order chi connectivity index (χ1) is 6.84. The van der Waals surface area contributed by atoms with E-state index in [9.17, 15) is 0 Å². The van der Waals surface area contributed by atoms with Crippen molar-refractivity contribution in [3.8, 4) is 5.75 Å². The van der Waals surface area contributed by atoms with Gasteiger partial charge in [0.1, 0.15) is 5.75 Å². The largest absolute Gasteiger partial charge is 0.495 e. The maximum atomic E-state index is 5.17. The van der Waals surface area contributed by atoms with Crippen LogP contribution in [0.1, 0.15) is 17.9 Å². The number of ether oxygens (including phenoxy) is 1. The molecular formula is C11H14N2O. The van der Waals surface area contributed by atoms with Crippen LogP contribution in [0.15, 0.2) is 18.5 Å². The first-order valence-corrected chi connectivity index (χ1v) is 5.04. The highest BCUT2D eigenvalue weighted by molar-refractivity contribution is 5.35. The highest BCUT2D eigenvalue weighted by Gasteiger charge is 2.58. The van der Waals surface area contributed by atoms with Gasteiger partial charge in [0.2, 0.25) is 0 Å². The van der Waals surface area contributed by atoms with E-state index in [2.05, 4.69) is 16.4 Å². The summed E-state index contributed by atoms with van der Waals surface area (Å²) in [6.07, 6.45) is 5.05. The van der Waals surface area contributed by atoms with Crippen LogP contribution >= 0.6 is 0 Å². The van der Waals surface area contributed by atoms with Crippen molar-refractivity contribution in [3.05, 3.63) is 24.0 Å². The lowest BCUT2D eigenvalue weighted by atomic mass is 9.94. The van der Waals surface area contributed by atoms with Crippen LogP contribution in [0, 0.1) is 5.41 Å². The molecule has 1 aromatic rings. The Bertz CT molecular complexity index is 360. The van der Waals surface area contributed by atoms with Crippen LogP contribution in [-0.2, 0) is 0 Å². The predicted octanol–water partition coefficient (Wildman–Crippen LogP) is 1.17. The molecule has 3 heteroatoms. The monoisotopic (exact) mass is 190 g/mol. The van der Waals surface area contributed by atoms with Gasteiger partial charge in [-0.25, -0.2) is 0 Å². The Labute approximate surface area is 83.5 Å². The molecule has 0 amide bonds. The van der Waals surface area contributed by atoms with Gasteiger partial charge in [-0.2, -0.15) is 0 Å². The van der Waals surface area contributed by atoms with Gasteiger partial charge in [-0.15, -0.1) is 0 Å². The lowest BCUT2D eigenvalue weighted by molar-refractivity contribution is 0.312. The highest BCUT2D eigenvalue weighted by Crippen LogP contribution is 2.61. The van der Waals surface area contributed by atoms with Gasteiger partial charge in [-0.05, 0) is 24.0 Å². The van der Waals surface area contributed by atoms with E-state index < -0.39 is 0 Å². The second kappa shape index (κ2) is 2.70. The third-order valence-electron chi connectivity index (χ3n) is 3.52. The summed E-state index contributed by atoms with van der Waals surface area (Å²) in [4.78, 5) is 4.20. The van der Waals surface area contributed by atoms with E-state index in [0.29, 0.717) is 11.3 Å². The van der Waals surface area contributed by atoms with Gasteiger partial charge in [-0.1, -0.05) is 0 Å². The molecule has 1 aliphatic heterocycles. The number of hydrogen-bond donors (Lipinski definition) is 1. The quantitative estimate of drug-likeness (QED) is 0.760. The van der Waals surface area contributed by atoms with E-state index in [1.54, 1.807) is 13.3 Å². The minimum Gasteiger partial charge on any atom is -0.495 e. The Morgan fingerprint density at radius 1 is 1.50 bits per heavy atom. The van der Waals surface area contributed by atoms with Crippen molar-refractivity contribution in [1.82, 2.24) is 10.3 Å². The van der Waals surface area contributed by atoms with Gasteiger partial charge in [0.25, 0.3) is 0 Å². The molecule has 1 aromatic heterocycles. The van der Waals surface area contributed by atoms with E-state index in [0.717, 1.165) is 5.75 Å². The van der Waals surface area contributed by atoms with Crippen LogP contribution in [0.5, 0.6) is 5.75 Å². The Kier molecular flexibility index (Phi) is 1.59. The molecule has 2 heterocycles. The maximum Gasteiger partial charge on any atom is 0.137 e. The zero-order valence-electron chi connectivity index (χ0n) is 8.29. The number of pyridine rings is 1. The Balaban J connectivity index is 1.84. The summed E-state index contributed by atoms with van der Waals surface area (Å²) in [5.41, 5.74) is 1.92. The van der Waals surface area contributed by atoms with E-state index in [4.69, 9.17) is 4.74 Å². The first-order valence-electron chi connectivity index (χ1n) is 5.04. The molecule has 74 valence electrons. The average molecular weight is 190 g/mol. The van der Waals surface area contributed by atoms with Crippen molar-refractivity contribution in [3.63, 3.8) is 0 Å². The molecule has 2 fully saturated rings. The van der Waals surface area contributed by atoms with Crippen molar-refractivity contribution in [2.75, 3.05) is 20.2 Å². The number of nitrogens with one attached hydrogen (secondary N) is 1. The van der Waals surface area contributed by atoms with Crippen molar-refractivity contribution >= 4 is 0 Å². The smallest absolute Gasteiger partial charge is 0.137 e.